The molecule has 0 heterocycles. The van der Waals surface area contributed by atoms with E-state index in [0.717, 1.165) is 5.92 Å². The lowest BCUT2D eigenvalue weighted by molar-refractivity contribution is -0.136. The molecular formula is C21H30N2O4. The summed E-state index contributed by atoms with van der Waals surface area (Å²) >= 11 is 0. The SMILES string of the molecule is CCOc1ccc(NC(=O)C(=O)NC(C)C2CC3CCC2C3)cc1OCC. The molecule has 6 heteroatoms. The molecule has 4 unspecified atom stereocenters. The molecule has 2 bridgehead atoms. The van der Waals surface area contributed by atoms with Crippen LogP contribution in [0.1, 0.15) is 46.5 Å². The van der Waals surface area contributed by atoms with Gasteiger partial charge in [0.15, 0.2) is 11.5 Å². The van der Waals surface area contributed by atoms with Crippen LogP contribution in [0.3, 0.4) is 0 Å². The van der Waals surface area contributed by atoms with Crippen molar-refractivity contribution in [1.29, 1.82) is 0 Å². The van der Waals surface area contributed by atoms with Crippen LogP contribution in [0.5, 0.6) is 11.5 Å². The molecule has 6 nitrogen and oxygen atoms in total. The fourth-order valence-electron chi connectivity index (χ4n) is 4.60. The molecule has 3 rings (SSSR count). The summed E-state index contributed by atoms with van der Waals surface area (Å²) in [4.78, 5) is 24.6. The van der Waals surface area contributed by atoms with Gasteiger partial charge in [-0.2, -0.15) is 0 Å². The number of rotatable bonds is 7. The maximum absolute atomic E-state index is 12.3. The zero-order valence-corrected chi connectivity index (χ0v) is 16.4. The molecule has 0 radical (unpaired) electrons. The Balaban J connectivity index is 1.57. The Morgan fingerprint density at radius 1 is 1.07 bits per heavy atom. The molecule has 0 saturated heterocycles. The second-order valence-electron chi connectivity index (χ2n) is 7.58. The van der Waals surface area contributed by atoms with Crippen LogP contribution in [0, 0.1) is 17.8 Å². The number of fused-ring (bicyclic) bond motifs is 2. The number of nitrogens with one attached hydrogen (secondary N) is 2. The summed E-state index contributed by atoms with van der Waals surface area (Å²) in [6.45, 7) is 6.80. The fourth-order valence-corrected chi connectivity index (χ4v) is 4.60. The lowest BCUT2D eigenvalue weighted by atomic mass is 9.84. The Hall–Kier alpha value is -2.24. The quantitative estimate of drug-likeness (QED) is 0.718. The molecule has 2 amide bonds. The van der Waals surface area contributed by atoms with E-state index in [4.69, 9.17) is 9.47 Å². The second kappa shape index (κ2) is 8.63. The van der Waals surface area contributed by atoms with Crippen molar-refractivity contribution >= 4 is 17.5 Å². The number of hydrogen-bond donors (Lipinski definition) is 2. The lowest BCUT2D eigenvalue weighted by Crippen LogP contribution is -2.45. The van der Waals surface area contributed by atoms with Crippen molar-refractivity contribution in [2.75, 3.05) is 18.5 Å². The number of hydrogen-bond acceptors (Lipinski definition) is 4. The summed E-state index contributed by atoms with van der Waals surface area (Å²) in [5.74, 6) is 1.94. The third kappa shape index (κ3) is 4.54. The van der Waals surface area contributed by atoms with Gasteiger partial charge >= 0.3 is 11.8 Å². The predicted octanol–water partition coefficient (Wildman–Crippen LogP) is 3.36. The Kier molecular flexibility index (Phi) is 6.24. The van der Waals surface area contributed by atoms with Crippen molar-refractivity contribution in [3.05, 3.63) is 18.2 Å². The average molecular weight is 374 g/mol. The minimum atomic E-state index is -0.656. The minimum Gasteiger partial charge on any atom is -0.490 e. The Morgan fingerprint density at radius 3 is 2.44 bits per heavy atom. The van der Waals surface area contributed by atoms with Crippen molar-refractivity contribution in [1.82, 2.24) is 5.32 Å². The predicted molar refractivity (Wildman–Crippen MR) is 104 cm³/mol. The van der Waals surface area contributed by atoms with Crippen LogP contribution < -0.4 is 20.1 Å². The van der Waals surface area contributed by atoms with Gasteiger partial charge < -0.3 is 20.1 Å². The van der Waals surface area contributed by atoms with Crippen molar-refractivity contribution < 1.29 is 19.1 Å². The van der Waals surface area contributed by atoms with E-state index in [0.29, 0.717) is 42.2 Å². The van der Waals surface area contributed by atoms with Crippen molar-refractivity contribution in [2.45, 2.75) is 52.5 Å². The van der Waals surface area contributed by atoms with Gasteiger partial charge in [-0.1, -0.05) is 6.42 Å². The summed E-state index contributed by atoms with van der Waals surface area (Å²) in [5.41, 5.74) is 0.509. The number of carbonyl (C=O) groups is 2. The van der Waals surface area contributed by atoms with Crippen LogP contribution in [0.2, 0.25) is 0 Å². The molecule has 2 aliphatic carbocycles. The van der Waals surface area contributed by atoms with Crippen LogP contribution in [-0.4, -0.2) is 31.1 Å². The molecule has 2 aliphatic rings. The van der Waals surface area contributed by atoms with Crippen molar-refractivity contribution in [3.63, 3.8) is 0 Å². The van der Waals surface area contributed by atoms with E-state index in [2.05, 4.69) is 10.6 Å². The fraction of sp³-hybridized carbons (Fsp3) is 0.619. The molecule has 0 spiro atoms. The first kappa shape index (κ1) is 19.5. The third-order valence-corrected chi connectivity index (χ3v) is 5.80. The monoisotopic (exact) mass is 374 g/mol. The first-order valence-electron chi connectivity index (χ1n) is 10.0. The minimum absolute atomic E-state index is 0.0258. The van der Waals surface area contributed by atoms with E-state index in [-0.39, 0.29) is 6.04 Å². The highest BCUT2D eigenvalue weighted by Gasteiger charge is 2.42. The highest BCUT2D eigenvalue weighted by molar-refractivity contribution is 6.39. The molecule has 1 aromatic carbocycles. The summed E-state index contributed by atoms with van der Waals surface area (Å²) in [6, 6.07) is 5.15. The molecule has 1 aromatic rings. The van der Waals surface area contributed by atoms with Crippen molar-refractivity contribution in [3.8, 4) is 11.5 Å². The molecule has 2 fully saturated rings. The highest BCUT2D eigenvalue weighted by Crippen LogP contribution is 2.49. The zero-order valence-electron chi connectivity index (χ0n) is 16.4. The molecule has 148 valence electrons. The average Bonchev–Trinajstić information content (AvgIpc) is 3.27. The van der Waals surface area contributed by atoms with Gasteiger partial charge in [-0.05, 0) is 69.9 Å². The molecule has 4 atom stereocenters. The molecule has 0 aliphatic heterocycles. The highest BCUT2D eigenvalue weighted by atomic mass is 16.5. The molecular weight excluding hydrogens is 344 g/mol. The molecule has 2 saturated carbocycles. The largest absolute Gasteiger partial charge is 0.490 e. The topological polar surface area (TPSA) is 76.7 Å². The van der Waals surface area contributed by atoms with Crippen LogP contribution in [0.25, 0.3) is 0 Å². The third-order valence-electron chi connectivity index (χ3n) is 5.80. The van der Waals surface area contributed by atoms with E-state index in [1.807, 2.05) is 20.8 Å². The van der Waals surface area contributed by atoms with E-state index < -0.39 is 11.8 Å². The number of carbonyl (C=O) groups excluding carboxylic acids is 2. The van der Waals surface area contributed by atoms with Gasteiger partial charge in [0.2, 0.25) is 0 Å². The van der Waals surface area contributed by atoms with Gasteiger partial charge in [-0.3, -0.25) is 9.59 Å². The maximum Gasteiger partial charge on any atom is 0.313 e. The lowest BCUT2D eigenvalue weighted by Gasteiger charge is -2.28. The second-order valence-corrected chi connectivity index (χ2v) is 7.58. The van der Waals surface area contributed by atoms with Gasteiger partial charge in [0.1, 0.15) is 0 Å². The first-order chi connectivity index (χ1) is 13.0. The van der Waals surface area contributed by atoms with Gasteiger partial charge in [0.05, 0.1) is 13.2 Å². The molecule has 2 N–H and O–H groups in total. The molecule has 27 heavy (non-hydrogen) atoms. The maximum atomic E-state index is 12.3. The van der Waals surface area contributed by atoms with Gasteiger partial charge in [-0.15, -0.1) is 0 Å². The van der Waals surface area contributed by atoms with E-state index in [1.54, 1.807) is 18.2 Å². The van der Waals surface area contributed by atoms with Gasteiger partial charge in [-0.25, -0.2) is 0 Å². The summed E-state index contributed by atoms with van der Waals surface area (Å²) in [6.07, 6.45) is 5.03. The van der Waals surface area contributed by atoms with E-state index in [9.17, 15) is 9.59 Å². The van der Waals surface area contributed by atoms with Crippen LogP contribution in [0.15, 0.2) is 18.2 Å². The number of benzene rings is 1. The zero-order chi connectivity index (χ0) is 19.4. The van der Waals surface area contributed by atoms with Crippen molar-refractivity contribution in [2.24, 2.45) is 17.8 Å². The number of ether oxygens (including phenoxy) is 2. The molecule has 0 aromatic heterocycles. The van der Waals surface area contributed by atoms with Crippen LogP contribution in [-0.2, 0) is 9.59 Å². The summed E-state index contributed by atoms with van der Waals surface area (Å²) < 4.78 is 11.1. The smallest absolute Gasteiger partial charge is 0.313 e. The number of anilines is 1. The summed E-state index contributed by atoms with van der Waals surface area (Å²) in [5, 5.41) is 5.54. The Morgan fingerprint density at radius 2 is 1.81 bits per heavy atom. The standard InChI is InChI=1S/C21H30N2O4/c1-4-26-18-9-8-16(12-19(18)27-5-2)23-21(25)20(24)22-13(3)17-11-14-6-7-15(17)10-14/h8-9,12-15,17H,4-7,10-11H2,1-3H3,(H,22,24)(H,23,25). The first-order valence-corrected chi connectivity index (χ1v) is 10.0. The Bertz CT molecular complexity index is 691. The van der Waals surface area contributed by atoms with Crippen LogP contribution in [0.4, 0.5) is 5.69 Å². The van der Waals surface area contributed by atoms with E-state index >= 15 is 0 Å². The normalized spacial score (nSPS) is 24.3. The van der Waals surface area contributed by atoms with E-state index in [1.165, 1.54) is 25.7 Å². The Labute approximate surface area is 161 Å². The summed E-state index contributed by atoms with van der Waals surface area (Å²) in [7, 11) is 0. The van der Waals surface area contributed by atoms with Gasteiger partial charge in [0, 0.05) is 17.8 Å². The number of amides is 2. The van der Waals surface area contributed by atoms with Gasteiger partial charge in [0.25, 0.3) is 0 Å². The van der Waals surface area contributed by atoms with Crippen LogP contribution >= 0.6 is 0 Å².